The molecule has 0 fully saturated rings. The Kier molecular flexibility index (Phi) is 3.26. The largest absolute Gasteiger partial charge is 0.367 e. The van der Waals surface area contributed by atoms with Gasteiger partial charge in [-0.05, 0) is 18.8 Å². The minimum absolute atomic E-state index is 0.598. The van der Waals surface area contributed by atoms with Gasteiger partial charge in [0.25, 0.3) is 0 Å². The normalized spacial score (nSPS) is 13.2. The van der Waals surface area contributed by atoms with Crippen molar-refractivity contribution < 1.29 is 0 Å². The molecule has 0 saturated heterocycles. The SMILES string of the molecule is Cc1nnc2c(NCC(C)C(C)C)nccn12. The van der Waals surface area contributed by atoms with Crippen LogP contribution in [0.1, 0.15) is 26.6 Å². The molecular formula is C12H19N5. The fourth-order valence-corrected chi connectivity index (χ4v) is 1.56. The van der Waals surface area contributed by atoms with E-state index >= 15 is 0 Å². The van der Waals surface area contributed by atoms with Gasteiger partial charge in [0.2, 0.25) is 5.65 Å². The number of hydrogen-bond donors (Lipinski definition) is 1. The summed E-state index contributed by atoms with van der Waals surface area (Å²) in [5.41, 5.74) is 0.793. The lowest BCUT2D eigenvalue weighted by molar-refractivity contribution is 0.439. The van der Waals surface area contributed by atoms with Crippen molar-refractivity contribution in [2.45, 2.75) is 27.7 Å². The molecular weight excluding hydrogens is 214 g/mol. The minimum Gasteiger partial charge on any atom is -0.367 e. The first kappa shape index (κ1) is 11.8. The van der Waals surface area contributed by atoms with Crippen molar-refractivity contribution in [1.82, 2.24) is 19.6 Å². The van der Waals surface area contributed by atoms with Gasteiger partial charge in [0.15, 0.2) is 5.82 Å². The van der Waals surface area contributed by atoms with E-state index < -0.39 is 0 Å². The van der Waals surface area contributed by atoms with E-state index in [1.54, 1.807) is 6.20 Å². The number of hydrogen-bond acceptors (Lipinski definition) is 4. The van der Waals surface area contributed by atoms with E-state index in [1.807, 2.05) is 17.5 Å². The van der Waals surface area contributed by atoms with Gasteiger partial charge in [-0.25, -0.2) is 4.98 Å². The predicted molar refractivity (Wildman–Crippen MR) is 68.0 cm³/mol. The molecule has 5 heteroatoms. The lowest BCUT2D eigenvalue weighted by atomic mass is 9.98. The Balaban J connectivity index is 2.19. The summed E-state index contributed by atoms with van der Waals surface area (Å²) in [7, 11) is 0. The summed E-state index contributed by atoms with van der Waals surface area (Å²) in [5.74, 6) is 2.94. The topological polar surface area (TPSA) is 55.1 Å². The fourth-order valence-electron chi connectivity index (χ4n) is 1.56. The maximum Gasteiger partial charge on any atom is 0.203 e. The van der Waals surface area contributed by atoms with Gasteiger partial charge in [0.1, 0.15) is 5.82 Å². The molecule has 0 aromatic carbocycles. The molecule has 0 radical (unpaired) electrons. The van der Waals surface area contributed by atoms with Crippen LogP contribution >= 0.6 is 0 Å². The smallest absolute Gasteiger partial charge is 0.203 e. The highest BCUT2D eigenvalue weighted by Crippen LogP contribution is 2.14. The third-order valence-corrected chi connectivity index (χ3v) is 3.23. The van der Waals surface area contributed by atoms with Gasteiger partial charge < -0.3 is 5.32 Å². The Labute approximate surface area is 101 Å². The van der Waals surface area contributed by atoms with Gasteiger partial charge in [-0.15, -0.1) is 10.2 Å². The molecule has 1 N–H and O–H groups in total. The van der Waals surface area contributed by atoms with Crippen molar-refractivity contribution in [3.8, 4) is 0 Å². The van der Waals surface area contributed by atoms with Crippen molar-refractivity contribution in [3.63, 3.8) is 0 Å². The summed E-state index contributed by atoms with van der Waals surface area (Å²) in [5, 5.41) is 11.5. The minimum atomic E-state index is 0.598. The van der Waals surface area contributed by atoms with E-state index in [2.05, 4.69) is 41.3 Å². The lowest BCUT2D eigenvalue weighted by Gasteiger charge is -2.16. The second-order valence-electron chi connectivity index (χ2n) is 4.82. The van der Waals surface area contributed by atoms with Crippen LogP contribution in [-0.2, 0) is 0 Å². The van der Waals surface area contributed by atoms with Gasteiger partial charge in [0.05, 0.1) is 0 Å². The van der Waals surface area contributed by atoms with E-state index in [1.165, 1.54) is 0 Å². The molecule has 0 aliphatic heterocycles. The van der Waals surface area contributed by atoms with Crippen LogP contribution in [0.15, 0.2) is 12.4 Å². The van der Waals surface area contributed by atoms with Crippen LogP contribution in [0.4, 0.5) is 5.82 Å². The van der Waals surface area contributed by atoms with Crippen molar-refractivity contribution >= 4 is 11.5 Å². The number of aryl methyl sites for hydroxylation is 1. The zero-order valence-corrected chi connectivity index (χ0v) is 10.8. The molecule has 1 atom stereocenters. The third-order valence-electron chi connectivity index (χ3n) is 3.23. The van der Waals surface area contributed by atoms with Crippen LogP contribution in [0.3, 0.4) is 0 Å². The van der Waals surface area contributed by atoms with Gasteiger partial charge in [-0.3, -0.25) is 4.40 Å². The standard InChI is InChI=1S/C12H19N5/c1-8(2)9(3)7-14-11-12-16-15-10(4)17(12)6-5-13-11/h5-6,8-9H,7H2,1-4H3,(H,13,14). The predicted octanol–water partition coefficient (Wildman–Crippen LogP) is 2.14. The Morgan fingerprint density at radius 3 is 2.76 bits per heavy atom. The molecule has 0 amide bonds. The number of nitrogens with zero attached hydrogens (tertiary/aromatic N) is 4. The lowest BCUT2D eigenvalue weighted by Crippen LogP contribution is -2.17. The Hall–Kier alpha value is -1.65. The highest BCUT2D eigenvalue weighted by atomic mass is 15.3. The molecule has 5 nitrogen and oxygen atoms in total. The second kappa shape index (κ2) is 4.69. The molecule has 1 unspecified atom stereocenters. The van der Waals surface area contributed by atoms with Crippen molar-refractivity contribution in [2.75, 3.05) is 11.9 Å². The van der Waals surface area contributed by atoms with Crippen molar-refractivity contribution in [3.05, 3.63) is 18.2 Å². The van der Waals surface area contributed by atoms with Gasteiger partial charge >= 0.3 is 0 Å². The Bertz CT molecular complexity index is 503. The number of nitrogens with one attached hydrogen (secondary N) is 1. The Morgan fingerprint density at radius 1 is 1.29 bits per heavy atom. The molecule has 17 heavy (non-hydrogen) atoms. The van der Waals surface area contributed by atoms with Crippen LogP contribution < -0.4 is 5.32 Å². The monoisotopic (exact) mass is 233 g/mol. The zero-order valence-electron chi connectivity index (χ0n) is 10.8. The molecule has 2 heterocycles. The quantitative estimate of drug-likeness (QED) is 0.879. The van der Waals surface area contributed by atoms with Gasteiger partial charge in [-0.1, -0.05) is 20.8 Å². The van der Waals surface area contributed by atoms with Gasteiger partial charge in [-0.2, -0.15) is 0 Å². The molecule has 0 aliphatic rings. The third kappa shape index (κ3) is 2.38. The first-order valence-electron chi connectivity index (χ1n) is 5.99. The van der Waals surface area contributed by atoms with Crippen LogP contribution in [0.25, 0.3) is 5.65 Å². The maximum atomic E-state index is 4.32. The first-order valence-corrected chi connectivity index (χ1v) is 5.99. The molecule has 2 aromatic rings. The molecule has 0 spiro atoms. The van der Waals surface area contributed by atoms with Gasteiger partial charge in [0, 0.05) is 18.9 Å². The average Bonchev–Trinajstić information content (AvgIpc) is 2.69. The summed E-state index contributed by atoms with van der Waals surface area (Å²) in [6.45, 7) is 9.51. The molecule has 2 rings (SSSR count). The number of anilines is 1. The summed E-state index contributed by atoms with van der Waals surface area (Å²) in [6.07, 6.45) is 3.65. The van der Waals surface area contributed by atoms with Crippen LogP contribution in [0, 0.1) is 18.8 Å². The van der Waals surface area contributed by atoms with E-state index in [0.717, 1.165) is 23.8 Å². The first-order chi connectivity index (χ1) is 8.09. The summed E-state index contributed by atoms with van der Waals surface area (Å²) in [6, 6.07) is 0. The highest BCUT2D eigenvalue weighted by Gasteiger charge is 2.10. The molecule has 2 aromatic heterocycles. The number of rotatable bonds is 4. The van der Waals surface area contributed by atoms with Crippen molar-refractivity contribution in [1.29, 1.82) is 0 Å². The van der Waals surface area contributed by atoms with E-state index in [9.17, 15) is 0 Å². The fraction of sp³-hybridized carbons (Fsp3) is 0.583. The summed E-state index contributed by atoms with van der Waals surface area (Å²) >= 11 is 0. The second-order valence-corrected chi connectivity index (χ2v) is 4.82. The molecule has 0 saturated carbocycles. The number of fused-ring (bicyclic) bond motifs is 1. The van der Waals surface area contributed by atoms with Crippen LogP contribution in [0.5, 0.6) is 0 Å². The van der Waals surface area contributed by atoms with Crippen LogP contribution in [0.2, 0.25) is 0 Å². The van der Waals surface area contributed by atoms with E-state index in [-0.39, 0.29) is 0 Å². The van der Waals surface area contributed by atoms with Crippen molar-refractivity contribution in [2.24, 2.45) is 11.8 Å². The van der Waals surface area contributed by atoms with E-state index in [4.69, 9.17) is 0 Å². The molecule has 0 bridgehead atoms. The highest BCUT2D eigenvalue weighted by molar-refractivity contribution is 5.61. The number of aromatic nitrogens is 4. The average molecular weight is 233 g/mol. The molecule has 0 aliphatic carbocycles. The maximum absolute atomic E-state index is 4.32. The summed E-state index contributed by atoms with van der Waals surface area (Å²) < 4.78 is 1.94. The molecule has 92 valence electrons. The van der Waals surface area contributed by atoms with E-state index in [0.29, 0.717) is 11.8 Å². The summed E-state index contributed by atoms with van der Waals surface area (Å²) in [4.78, 5) is 4.32. The Morgan fingerprint density at radius 2 is 2.06 bits per heavy atom. The zero-order chi connectivity index (χ0) is 12.4. The van der Waals surface area contributed by atoms with Crippen LogP contribution in [-0.4, -0.2) is 26.1 Å².